The molecule has 0 aliphatic carbocycles. The molecule has 0 spiro atoms. The largest absolute Gasteiger partial charge is 0.461 e. The molecular formula is C101H140N10O6. The van der Waals surface area contributed by atoms with Crippen LogP contribution in [0.25, 0.3) is 66.1 Å². The maximum Gasteiger partial charge on any atom is 0.198 e. The van der Waals surface area contributed by atoms with Gasteiger partial charge in [-0.3, -0.25) is 0 Å². The monoisotopic (exact) mass is 1590 g/mol. The smallest absolute Gasteiger partial charge is 0.198 e. The van der Waals surface area contributed by atoms with Gasteiger partial charge in [0.05, 0.1) is 0 Å². The van der Waals surface area contributed by atoms with Crippen LogP contribution in [-0.2, 0) is 32.5 Å². The number of hydrogen-bond acceptors (Lipinski definition) is 16. The van der Waals surface area contributed by atoms with Gasteiger partial charge in [0.1, 0.15) is 44.9 Å². The fraction of sp³-hybridized carbons (Fsp3) is 0.545. The number of hydrogen-bond donors (Lipinski definition) is 3. The molecule has 6 aliphatic rings. The lowest BCUT2D eigenvalue weighted by molar-refractivity contribution is 0.239. The van der Waals surface area contributed by atoms with Crippen LogP contribution in [0.2, 0.25) is 0 Å². The summed E-state index contributed by atoms with van der Waals surface area (Å²) in [5.41, 5.74) is 17.0. The number of rotatable bonds is 6. The molecule has 16 heteroatoms. The number of piperazine rings is 2. The fourth-order valence-corrected chi connectivity index (χ4v) is 16.6. The molecule has 12 heterocycles. The number of piperidine rings is 4. The quantitative estimate of drug-likeness (QED) is 0.144. The summed E-state index contributed by atoms with van der Waals surface area (Å²) in [4.78, 5) is 21.3. The number of nitrogens with one attached hydrogen (secondary N) is 3. The third kappa shape index (κ3) is 22.4. The van der Waals surface area contributed by atoms with Crippen molar-refractivity contribution in [1.29, 1.82) is 0 Å². The lowest BCUT2D eigenvalue weighted by Crippen LogP contribution is -2.44. The number of likely N-dealkylation sites (N-methyl/N-ethyl adjacent to an activating group) is 1. The lowest BCUT2D eigenvalue weighted by atomic mass is 9.86. The van der Waals surface area contributed by atoms with Crippen molar-refractivity contribution in [2.75, 3.05) is 136 Å². The SMILES string of the molecule is CC(C)(C)c1ccc2oc(C3CCNCC3)cc2c1.CC(C)(C)c1ccc2oc(C3CCNCC3)nc2c1.CC(C)(C)c1ccc2oc(N3CCNCC3)cc2c1.CN1CCC(c2cc3cc(C(C)(C)C)ccc3o2)CC1.CN1CCC(c2nc3cc(C(C)(C)C)ccc3o2)CC1.CN1CCN(c2cc3cc(C(C)(C)C)ccc3o2)CC1. The van der Waals surface area contributed by atoms with Crippen LogP contribution >= 0.6 is 0 Å². The number of anilines is 2. The van der Waals surface area contributed by atoms with Crippen LogP contribution in [0.1, 0.15) is 256 Å². The van der Waals surface area contributed by atoms with Crippen LogP contribution in [0.15, 0.2) is 160 Å². The number of nitrogens with zero attached hydrogens (tertiary/aromatic N) is 7. The summed E-state index contributed by atoms with van der Waals surface area (Å²) in [7, 11) is 6.55. The van der Waals surface area contributed by atoms with Gasteiger partial charge in [0.15, 0.2) is 34.7 Å². The van der Waals surface area contributed by atoms with E-state index >= 15 is 0 Å². The second-order valence-corrected chi connectivity index (χ2v) is 40.7. The fourth-order valence-electron chi connectivity index (χ4n) is 16.6. The van der Waals surface area contributed by atoms with E-state index in [0.29, 0.717) is 23.7 Å². The van der Waals surface area contributed by atoms with E-state index in [9.17, 15) is 0 Å². The van der Waals surface area contributed by atoms with Gasteiger partial charge in [-0.25, -0.2) is 9.97 Å². The number of aromatic nitrogens is 2. The van der Waals surface area contributed by atoms with Crippen molar-refractivity contribution in [3.8, 4) is 0 Å². The molecular weight excluding hydrogens is 1450 g/mol. The number of likely N-dealkylation sites (tertiary alicyclic amines) is 2. The number of furan rings is 4. The van der Waals surface area contributed by atoms with Crippen LogP contribution in [0, 0.1) is 0 Å². The molecule has 0 bridgehead atoms. The summed E-state index contributed by atoms with van der Waals surface area (Å²) in [5, 5.41) is 15.1. The first-order valence-electron chi connectivity index (χ1n) is 44.1. The van der Waals surface area contributed by atoms with E-state index in [-0.39, 0.29) is 32.5 Å². The van der Waals surface area contributed by atoms with Crippen LogP contribution in [-0.4, -0.2) is 151 Å². The molecule has 6 saturated heterocycles. The Morgan fingerprint density at radius 3 is 0.897 bits per heavy atom. The van der Waals surface area contributed by atoms with Gasteiger partial charge in [0, 0.05) is 110 Å². The van der Waals surface area contributed by atoms with Gasteiger partial charge in [-0.05, 0) is 276 Å². The van der Waals surface area contributed by atoms with Gasteiger partial charge >= 0.3 is 0 Å². The Labute approximate surface area is 699 Å². The van der Waals surface area contributed by atoms with Crippen molar-refractivity contribution in [3.05, 3.63) is 190 Å². The van der Waals surface area contributed by atoms with E-state index in [0.717, 1.165) is 185 Å². The average molecular weight is 1590 g/mol. The highest BCUT2D eigenvalue weighted by Crippen LogP contribution is 2.40. The predicted molar refractivity (Wildman–Crippen MR) is 489 cm³/mol. The Morgan fingerprint density at radius 2 is 0.538 bits per heavy atom. The minimum atomic E-state index is 0.154. The van der Waals surface area contributed by atoms with Gasteiger partial charge in [0.25, 0.3) is 0 Å². The molecule has 0 amide bonds. The molecule has 117 heavy (non-hydrogen) atoms. The normalized spacial score (nSPS) is 18.1. The lowest BCUT2D eigenvalue weighted by Gasteiger charge is -2.32. The molecule has 6 aliphatic heterocycles. The van der Waals surface area contributed by atoms with Crippen molar-refractivity contribution < 1.29 is 26.5 Å². The molecule has 3 N–H and O–H groups in total. The van der Waals surface area contributed by atoms with Gasteiger partial charge in [-0.1, -0.05) is 161 Å². The predicted octanol–water partition coefficient (Wildman–Crippen LogP) is 22.9. The highest BCUT2D eigenvalue weighted by atomic mass is 16.4. The third-order valence-corrected chi connectivity index (χ3v) is 24.9. The third-order valence-electron chi connectivity index (χ3n) is 24.9. The Bertz CT molecular complexity index is 4680. The van der Waals surface area contributed by atoms with Crippen LogP contribution in [0.5, 0.6) is 0 Å². The van der Waals surface area contributed by atoms with Gasteiger partial charge < -0.3 is 67.0 Å². The van der Waals surface area contributed by atoms with Crippen molar-refractivity contribution in [1.82, 2.24) is 40.6 Å². The Morgan fingerprint density at radius 1 is 0.265 bits per heavy atom. The highest BCUT2D eigenvalue weighted by molar-refractivity contribution is 5.84. The molecule has 6 aromatic carbocycles. The molecule has 16 nitrogen and oxygen atoms in total. The summed E-state index contributed by atoms with van der Waals surface area (Å²) >= 11 is 0. The summed E-state index contributed by atoms with van der Waals surface area (Å²) in [6.07, 6.45) is 9.34. The Hall–Kier alpha value is -8.22. The van der Waals surface area contributed by atoms with E-state index < -0.39 is 0 Å². The summed E-state index contributed by atoms with van der Waals surface area (Å²) < 4.78 is 36.0. The van der Waals surface area contributed by atoms with E-state index in [4.69, 9.17) is 36.5 Å². The first-order valence-corrected chi connectivity index (χ1v) is 44.1. The molecule has 0 unspecified atom stereocenters. The Balaban J connectivity index is 0.000000122. The standard InChI is InChI=1S/C18H25NO.2C17H24N2O.C17H23NO.2C16H22N2O/c1-18(2,3)15-5-6-16-14(11-15)12-17(20-16)13-7-9-19(4)10-8-13;1-17(2,3)14-5-6-15-13(11-14)12-16(20-15)19-9-7-18(4)8-10-19;1-17(2,3)13-5-6-15-14(11-13)18-16(20-15)12-7-9-19(4)10-8-12;1-17(2,3)14-4-5-15-13(10-14)11-16(19-15)12-6-8-18-9-7-12;1-16(2,3)13-4-5-14-12(10-13)11-15(19-14)18-8-6-17-7-9-18;1-16(2,3)12-4-5-14-13(10-12)18-15(19-14)11-6-8-17-9-7-11/h5-6,11-13H,7-10H2,1-4H3;2*5-6,11-12H,7-10H2,1-4H3;4-5,10-12,18H,6-9H2,1-3H3;2*4-5,10-11,17H,6-9H2,1-3H3. The molecule has 630 valence electrons. The van der Waals surface area contributed by atoms with Crippen LogP contribution < -0.4 is 25.8 Å². The first-order chi connectivity index (χ1) is 55.4. The summed E-state index contributed by atoms with van der Waals surface area (Å²) in [6.45, 7) is 57.7. The van der Waals surface area contributed by atoms with E-state index in [1.54, 1.807) is 0 Å². The van der Waals surface area contributed by atoms with Crippen molar-refractivity contribution >= 4 is 77.8 Å². The molecule has 0 atom stereocenters. The highest BCUT2D eigenvalue weighted by Gasteiger charge is 2.29. The van der Waals surface area contributed by atoms with E-state index in [2.05, 4.69) is 320 Å². The zero-order chi connectivity index (χ0) is 83.4. The maximum atomic E-state index is 6.09. The molecule has 0 saturated carbocycles. The second kappa shape index (κ2) is 36.4. The summed E-state index contributed by atoms with van der Waals surface area (Å²) in [5.74, 6) is 8.36. The molecule has 0 radical (unpaired) electrons. The topological polar surface area (TPSA) is 157 Å². The minimum Gasteiger partial charge on any atom is -0.461 e. The number of fused-ring (bicyclic) bond motifs is 6. The molecule has 6 fully saturated rings. The van der Waals surface area contributed by atoms with E-state index in [1.165, 1.54) is 105 Å². The Kier molecular flexibility index (Phi) is 26.9. The van der Waals surface area contributed by atoms with Gasteiger partial charge in [0.2, 0.25) is 0 Å². The van der Waals surface area contributed by atoms with E-state index in [1.807, 2.05) is 0 Å². The van der Waals surface area contributed by atoms with Gasteiger partial charge in [-0.15, -0.1) is 0 Å². The second-order valence-electron chi connectivity index (χ2n) is 40.7. The van der Waals surface area contributed by atoms with Crippen LogP contribution in [0.4, 0.5) is 11.8 Å². The van der Waals surface area contributed by atoms with Crippen molar-refractivity contribution in [3.63, 3.8) is 0 Å². The number of benzene rings is 6. The first kappa shape index (κ1) is 86.6. The molecule has 18 rings (SSSR count). The zero-order valence-electron chi connectivity index (χ0n) is 75.1. The van der Waals surface area contributed by atoms with Crippen molar-refractivity contribution in [2.45, 2.75) is 232 Å². The molecule has 12 aromatic rings. The van der Waals surface area contributed by atoms with Crippen LogP contribution in [0.3, 0.4) is 0 Å². The van der Waals surface area contributed by atoms with Crippen molar-refractivity contribution in [2.24, 2.45) is 0 Å². The average Bonchev–Trinajstić information content (AvgIpc) is 1.68. The zero-order valence-corrected chi connectivity index (χ0v) is 75.1. The summed E-state index contributed by atoms with van der Waals surface area (Å²) in [6, 6.07) is 48.0. The minimum absolute atomic E-state index is 0.154. The number of oxazole rings is 2. The van der Waals surface area contributed by atoms with Gasteiger partial charge in [-0.2, -0.15) is 0 Å². The maximum absolute atomic E-state index is 6.09. The molecule has 6 aromatic heterocycles.